The third-order valence-corrected chi connectivity index (χ3v) is 3.83. The summed E-state index contributed by atoms with van der Waals surface area (Å²) >= 11 is 5.91. The summed E-state index contributed by atoms with van der Waals surface area (Å²) in [6, 6.07) is 7.43. The Bertz CT molecular complexity index is 504. The van der Waals surface area contributed by atoms with E-state index in [1.807, 2.05) is 18.2 Å². The minimum Gasteiger partial charge on any atom is -0.352 e. The van der Waals surface area contributed by atoms with Crippen LogP contribution in [-0.2, 0) is 16.1 Å². The van der Waals surface area contributed by atoms with Gasteiger partial charge in [-0.3, -0.25) is 9.59 Å². The lowest BCUT2D eigenvalue weighted by Crippen LogP contribution is -2.44. The fraction of sp³-hybridized carbons (Fsp3) is 0.467. The molecule has 0 aromatic heterocycles. The Hall–Kier alpha value is -1.55. The molecule has 5 heteroatoms. The van der Waals surface area contributed by atoms with E-state index in [1.54, 1.807) is 17.9 Å². The van der Waals surface area contributed by atoms with Gasteiger partial charge in [0.1, 0.15) is 0 Å². The molecule has 1 heterocycles. The van der Waals surface area contributed by atoms with E-state index < -0.39 is 0 Å². The average Bonchev–Trinajstić information content (AvgIpc) is 2.45. The number of piperidine rings is 1. The van der Waals surface area contributed by atoms with Gasteiger partial charge in [-0.25, -0.2) is 0 Å². The molecule has 0 unspecified atom stereocenters. The summed E-state index contributed by atoms with van der Waals surface area (Å²) in [5, 5.41) is 3.58. The number of nitrogens with zero attached hydrogens (tertiary/aromatic N) is 1. The van der Waals surface area contributed by atoms with E-state index in [0.29, 0.717) is 18.1 Å². The second-order valence-corrected chi connectivity index (χ2v) is 5.59. The highest BCUT2D eigenvalue weighted by Crippen LogP contribution is 2.17. The summed E-state index contributed by atoms with van der Waals surface area (Å²) in [6.07, 6.45) is 1.72. The van der Waals surface area contributed by atoms with Crippen LogP contribution in [0.3, 0.4) is 0 Å². The van der Waals surface area contributed by atoms with Gasteiger partial charge in [-0.2, -0.15) is 0 Å². The monoisotopic (exact) mass is 294 g/mol. The molecule has 1 atom stereocenters. The number of halogens is 1. The summed E-state index contributed by atoms with van der Waals surface area (Å²) < 4.78 is 0. The zero-order valence-electron chi connectivity index (χ0n) is 11.6. The number of amides is 2. The van der Waals surface area contributed by atoms with E-state index >= 15 is 0 Å². The van der Waals surface area contributed by atoms with Crippen LogP contribution in [0.5, 0.6) is 0 Å². The molecule has 0 bridgehead atoms. The molecule has 1 aliphatic rings. The number of carbonyl (C=O) groups excluding carboxylic acids is 2. The van der Waals surface area contributed by atoms with Crippen molar-refractivity contribution < 1.29 is 9.59 Å². The van der Waals surface area contributed by atoms with Gasteiger partial charge < -0.3 is 10.2 Å². The molecule has 1 aliphatic heterocycles. The van der Waals surface area contributed by atoms with Crippen molar-refractivity contribution >= 4 is 23.4 Å². The van der Waals surface area contributed by atoms with Crippen LogP contribution < -0.4 is 5.32 Å². The molecule has 2 amide bonds. The number of hydrogen-bond donors (Lipinski definition) is 1. The van der Waals surface area contributed by atoms with Gasteiger partial charge in [-0.05, 0) is 30.5 Å². The molecule has 4 nitrogen and oxygen atoms in total. The molecule has 0 radical (unpaired) electrons. The third-order valence-electron chi connectivity index (χ3n) is 3.59. The molecule has 108 valence electrons. The summed E-state index contributed by atoms with van der Waals surface area (Å²) in [7, 11) is 0. The molecule has 1 aromatic rings. The first-order valence-corrected chi connectivity index (χ1v) is 7.21. The molecule has 0 saturated carbocycles. The zero-order valence-corrected chi connectivity index (χ0v) is 12.3. The van der Waals surface area contributed by atoms with Gasteiger partial charge in [0, 0.05) is 31.6 Å². The smallest absolute Gasteiger partial charge is 0.225 e. The molecule has 1 saturated heterocycles. The van der Waals surface area contributed by atoms with Crippen LogP contribution in [0.1, 0.15) is 25.3 Å². The minimum absolute atomic E-state index is 0.0101. The van der Waals surface area contributed by atoms with Crippen LogP contribution in [-0.4, -0.2) is 29.8 Å². The summed E-state index contributed by atoms with van der Waals surface area (Å²) in [5.41, 5.74) is 0.977. The average molecular weight is 295 g/mol. The lowest BCUT2D eigenvalue weighted by Gasteiger charge is -2.31. The van der Waals surface area contributed by atoms with Gasteiger partial charge in [-0.15, -0.1) is 0 Å². The highest BCUT2D eigenvalue weighted by molar-refractivity contribution is 6.30. The number of rotatable bonds is 3. The van der Waals surface area contributed by atoms with Crippen molar-refractivity contribution in [2.45, 2.75) is 26.3 Å². The van der Waals surface area contributed by atoms with Crippen LogP contribution >= 0.6 is 11.6 Å². The van der Waals surface area contributed by atoms with Crippen molar-refractivity contribution in [2.24, 2.45) is 5.92 Å². The van der Waals surface area contributed by atoms with Crippen LogP contribution in [0.2, 0.25) is 5.02 Å². The van der Waals surface area contributed by atoms with E-state index in [-0.39, 0.29) is 17.7 Å². The van der Waals surface area contributed by atoms with Crippen LogP contribution in [0.15, 0.2) is 24.3 Å². The van der Waals surface area contributed by atoms with Crippen molar-refractivity contribution in [1.29, 1.82) is 0 Å². The Labute approximate surface area is 124 Å². The third kappa shape index (κ3) is 3.97. The maximum absolute atomic E-state index is 12.1. The molecule has 20 heavy (non-hydrogen) atoms. The number of carbonyl (C=O) groups is 2. The molecule has 1 fully saturated rings. The van der Waals surface area contributed by atoms with E-state index in [9.17, 15) is 9.59 Å². The molecule has 0 aliphatic carbocycles. The normalized spacial score (nSPS) is 18.7. The molecular formula is C15H19ClN2O2. The Balaban J connectivity index is 1.87. The van der Waals surface area contributed by atoms with Crippen molar-refractivity contribution in [3.05, 3.63) is 34.9 Å². The van der Waals surface area contributed by atoms with E-state index in [2.05, 4.69) is 5.32 Å². The number of hydrogen-bond acceptors (Lipinski definition) is 2. The largest absolute Gasteiger partial charge is 0.352 e. The van der Waals surface area contributed by atoms with Gasteiger partial charge in [0.2, 0.25) is 11.8 Å². The molecule has 0 spiro atoms. The van der Waals surface area contributed by atoms with Crippen molar-refractivity contribution in [2.75, 3.05) is 13.1 Å². The van der Waals surface area contributed by atoms with Crippen LogP contribution in [0.25, 0.3) is 0 Å². The molecule has 1 aromatic carbocycles. The second-order valence-electron chi connectivity index (χ2n) is 5.15. The first-order chi connectivity index (χ1) is 9.56. The fourth-order valence-corrected chi connectivity index (χ4v) is 2.67. The maximum Gasteiger partial charge on any atom is 0.225 e. The number of nitrogens with one attached hydrogen (secondary N) is 1. The summed E-state index contributed by atoms with van der Waals surface area (Å²) in [5.74, 6) is -0.0555. The van der Waals surface area contributed by atoms with Crippen LogP contribution in [0.4, 0.5) is 0 Å². The van der Waals surface area contributed by atoms with Gasteiger partial charge >= 0.3 is 0 Å². The summed E-state index contributed by atoms with van der Waals surface area (Å²) in [6.45, 7) is 3.30. The van der Waals surface area contributed by atoms with Crippen molar-refractivity contribution in [3.63, 3.8) is 0 Å². The molecular weight excluding hydrogens is 276 g/mol. The number of likely N-dealkylation sites (tertiary alicyclic amines) is 1. The number of benzene rings is 1. The lowest BCUT2D eigenvalue weighted by molar-refractivity contribution is -0.134. The van der Waals surface area contributed by atoms with Gasteiger partial charge in [-0.1, -0.05) is 23.7 Å². The molecule has 1 N–H and O–H groups in total. The SMILES string of the molecule is CC(=O)N1CCC[C@@H](C(=O)NCc2cccc(Cl)c2)C1. The Morgan fingerprint density at radius 2 is 2.25 bits per heavy atom. The van der Waals surface area contributed by atoms with Crippen molar-refractivity contribution in [3.8, 4) is 0 Å². The maximum atomic E-state index is 12.1. The van der Waals surface area contributed by atoms with E-state index in [4.69, 9.17) is 11.6 Å². The van der Waals surface area contributed by atoms with Crippen LogP contribution in [0, 0.1) is 5.92 Å². The Morgan fingerprint density at radius 1 is 1.45 bits per heavy atom. The van der Waals surface area contributed by atoms with Crippen molar-refractivity contribution in [1.82, 2.24) is 10.2 Å². The molecule has 2 rings (SSSR count). The Kier molecular flexibility index (Phi) is 5.01. The topological polar surface area (TPSA) is 49.4 Å². The first kappa shape index (κ1) is 14.9. The van der Waals surface area contributed by atoms with E-state index in [0.717, 1.165) is 24.9 Å². The lowest BCUT2D eigenvalue weighted by atomic mass is 9.97. The Morgan fingerprint density at radius 3 is 2.95 bits per heavy atom. The van der Waals surface area contributed by atoms with Gasteiger partial charge in [0.25, 0.3) is 0 Å². The highest BCUT2D eigenvalue weighted by atomic mass is 35.5. The summed E-state index contributed by atoms with van der Waals surface area (Å²) in [4.78, 5) is 25.2. The second kappa shape index (κ2) is 6.75. The zero-order chi connectivity index (χ0) is 14.5. The van der Waals surface area contributed by atoms with Gasteiger partial charge in [0.05, 0.1) is 5.92 Å². The van der Waals surface area contributed by atoms with E-state index in [1.165, 1.54) is 0 Å². The minimum atomic E-state index is -0.105. The quantitative estimate of drug-likeness (QED) is 0.929. The standard InChI is InChI=1S/C15H19ClN2O2/c1-11(19)18-7-3-5-13(10-18)15(20)17-9-12-4-2-6-14(16)8-12/h2,4,6,8,13H,3,5,7,9-10H2,1H3,(H,17,20)/t13-/m1/s1. The first-order valence-electron chi connectivity index (χ1n) is 6.84. The predicted octanol–water partition coefficient (Wildman–Crippen LogP) is 2.21. The predicted molar refractivity (Wildman–Crippen MR) is 78.3 cm³/mol. The fourth-order valence-electron chi connectivity index (χ4n) is 2.46. The van der Waals surface area contributed by atoms with Gasteiger partial charge in [0.15, 0.2) is 0 Å². The highest BCUT2D eigenvalue weighted by Gasteiger charge is 2.26.